The number of nitrogens with zero attached hydrogens (tertiary/aromatic N) is 1. The average molecular weight is 332 g/mol. The number of anilines is 1. The second-order valence-corrected chi connectivity index (χ2v) is 6.28. The van der Waals surface area contributed by atoms with Crippen molar-refractivity contribution in [1.29, 1.82) is 0 Å². The minimum Gasteiger partial charge on any atom is -0.370 e. The van der Waals surface area contributed by atoms with Gasteiger partial charge < -0.3 is 4.90 Å². The van der Waals surface area contributed by atoms with Crippen LogP contribution in [0.5, 0.6) is 0 Å². The van der Waals surface area contributed by atoms with Gasteiger partial charge in [0, 0.05) is 19.3 Å². The van der Waals surface area contributed by atoms with Crippen molar-refractivity contribution < 1.29 is 0 Å². The lowest BCUT2D eigenvalue weighted by Crippen LogP contribution is -2.17. The van der Waals surface area contributed by atoms with Gasteiger partial charge in [-0.2, -0.15) is 0 Å². The van der Waals surface area contributed by atoms with Gasteiger partial charge in [-0.3, -0.25) is 0 Å². The fraction of sp³-hybridized carbons (Fsp3) is 0.250. The van der Waals surface area contributed by atoms with Crippen LogP contribution in [0.15, 0.2) is 78.9 Å². The number of allylic oxidation sites excluding steroid dienone is 4. The van der Waals surface area contributed by atoms with Crippen LogP contribution in [-0.2, 0) is 13.0 Å². The molecule has 0 aliphatic heterocycles. The van der Waals surface area contributed by atoms with Crippen molar-refractivity contribution in [3.63, 3.8) is 0 Å². The van der Waals surface area contributed by atoms with E-state index in [1.165, 1.54) is 28.0 Å². The standard InChI is InChI=1S/C24H29N/c1-5-8-12-20(6-2)17-21-15-16-22(7-3)23(18-21)19-25(4)24-13-10-9-11-14-24/h6-16,18H,3,5,17,19H2,1-2,4H3/b12-8-,20-6+. The lowest BCUT2D eigenvalue weighted by molar-refractivity contribution is 0.917. The first-order valence-electron chi connectivity index (χ1n) is 9.00. The van der Waals surface area contributed by atoms with Crippen LogP contribution in [-0.4, -0.2) is 7.05 Å². The zero-order chi connectivity index (χ0) is 18.1. The van der Waals surface area contributed by atoms with E-state index in [9.17, 15) is 0 Å². The minimum absolute atomic E-state index is 0.870. The monoisotopic (exact) mass is 331 g/mol. The fourth-order valence-electron chi connectivity index (χ4n) is 2.90. The van der Waals surface area contributed by atoms with E-state index < -0.39 is 0 Å². The number of hydrogen-bond acceptors (Lipinski definition) is 1. The highest BCUT2D eigenvalue weighted by atomic mass is 15.1. The van der Waals surface area contributed by atoms with E-state index >= 15 is 0 Å². The van der Waals surface area contributed by atoms with Gasteiger partial charge >= 0.3 is 0 Å². The first kappa shape index (κ1) is 18.8. The highest BCUT2D eigenvalue weighted by Crippen LogP contribution is 2.21. The number of benzene rings is 2. The maximum Gasteiger partial charge on any atom is 0.0432 e. The predicted molar refractivity (Wildman–Crippen MR) is 112 cm³/mol. The summed E-state index contributed by atoms with van der Waals surface area (Å²) in [5.41, 5.74) is 6.45. The van der Waals surface area contributed by atoms with E-state index in [4.69, 9.17) is 0 Å². The van der Waals surface area contributed by atoms with Crippen LogP contribution in [0.25, 0.3) is 6.08 Å². The first-order valence-corrected chi connectivity index (χ1v) is 9.00. The quantitative estimate of drug-likeness (QED) is 0.504. The Balaban J connectivity index is 2.22. The SMILES string of the molecule is C=Cc1ccc(CC(/C=C\CC)=C/C)cc1CN(C)c1ccccc1. The van der Waals surface area contributed by atoms with E-state index in [0.29, 0.717) is 0 Å². The van der Waals surface area contributed by atoms with E-state index in [2.05, 4.69) is 99.1 Å². The smallest absolute Gasteiger partial charge is 0.0432 e. The van der Waals surface area contributed by atoms with Crippen molar-refractivity contribution in [2.75, 3.05) is 11.9 Å². The molecule has 0 saturated heterocycles. The van der Waals surface area contributed by atoms with Crippen molar-refractivity contribution in [2.45, 2.75) is 33.2 Å². The van der Waals surface area contributed by atoms with Gasteiger partial charge in [-0.15, -0.1) is 0 Å². The summed E-state index contributed by atoms with van der Waals surface area (Å²) in [5, 5.41) is 0. The molecule has 2 rings (SSSR count). The van der Waals surface area contributed by atoms with Crippen molar-refractivity contribution in [1.82, 2.24) is 0 Å². The van der Waals surface area contributed by atoms with E-state index in [-0.39, 0.29) is 0 Å². The van der Waals surface area contributed by atoms with Crippen LogP contribution in [0.2, 0.25) is 0 Å². The molecule has 1 nitrogen and oxygen atoms in total. The van der Waals surface area contributed by atoms with Crippen molar-refractivity contribution in [3.8, 4) is 0 Å². The molecule has 0 unspecified atom stereocenters. The second kappa shape index (κ2) is 9.68. The maximum atomic E-state index is 3.98. The Labute approximate surface area is 153 Å². The van der Waals surface area contributed by atoms with Gasteiger partial charge in [0.05, 0.1) is 0 Å². The zero-order valence-corrected chi connectivity index (χ0v) is 15.7. The molecule has 0 spiro atoms. The van der Waals surface area contributed by atoms with Crippen molar-refractivity contribution in [3.05, 3.63) is 95.6 Å². The van der Waals surface area contributed by atoms with E-state index in [1.807, 2.05) is 6.08 Å². The Morgan fingerprint density at radius 3 is 2.52 bits per heavy atom. The van der Waals surface area contributed by atoms with E-state index in [0.717, 1.165) is 19.4 Å². The molecule has 0 amide bonds. The topological polar surface area (TPSA) is 3.24 Å². The molecule has 1 heteroatoms. The molecule has 0 saturated carbocycles. The summed E-state index contributed by atoms with van der Waals surface area (Å²) in [6.07, 6.45) is 10.6. The Bertz CT molecular complexity index is 738. The lowest BCUT2D eigenvalue weighted by atomic mass is 9.98. The second-order valence-electron chi connectivity index (χ2n) is 6.28. The number of rotatable bonds is 8. The lowest BCUT2D eigenvalue weighted by Gasteiger charge is -2.21. The average Bonchev–Trinajstić information content (AvgIpc) is 2.66. The molecule has 0 bridgehead atoms. The van der Waals surface area contributed by atoms with E-state index in [1.54, 1.807) is 0 Å². The molecular weight excluding hydrogens is 302 g/mol. The molecule has 0 aliphatic rings. The molecule has 0 N–H and O–H groups in total. The molecular formula is C24H29N. The molecule has 2 aromatic rings. The van der Waals surface area contributed by atoms with Gasteiger partial charge in [-0.1, -0.05) is 74.2 Å². The molecule has 0 aliphatic carbocycles. The van der Waals surface area contributed by atoms with Crippen LogP contribution < -0.4 is 4.90 Å². The molecule has 0 radical (unpaired) electrons. The highest BCUT2D eigenvalue weighted by molar-refractivity contribution is 5.55. The molecule has 25 heavy (non-hydrogen) atoms. The minimum atomic E-state index is 0.870. The summed E-state index contributed by atoms with van der Waals surface area (Å²) in [6.45, 7) is 9.12. The Morgan fingerprint density at radius 2 is 1.88 bits per heavy atom. The molecule has 0 atom stereocenters. The van der Waals surface area contributed by atoms with Gasteiger partial charge in [-0.25, -0.2) is 0 Å². The largest absolute Gasteiger partial charge is 0.370 e. The van der Waals surface area contributed by atoms with Crippen molar-refractivity contribution in [2.24, 2.45) is 0 Å². The van der Waals surface area contributed by atoms with Crippen LogP contribution in [0.1, 0.15) is 37.0 Å². The van der Waals surface area contributed by atoms with Gasteiger partial charge in [0.25, 0.3) is 0 Å². The predicted octanol–water partition coefficient (Wildman–Crippen LogP) is 6.42. The van der Waals surface area contributed by atoms with Crippen LogP contribution in [0.3, 0.4) is 0 Å². The first-order chi connectivity index (χ1) is 12.2. The summed E-state index contributed by atoms with van der Waals surface area (Å²) < 4.78 is 0. The normalized spacial score (nSPS) is 11.7. The Kier molecular flexibility index (Phi) is 7.28. The summed E-state index contributed by atoms with van der Waals surface area (Å²) in [5.74, 6) is 0. The Hall–Kier alpha value is -2.54. The number of para-hydroxylation sites is 1. The molecule has 0 aromatic heterocycles. The summed E-state index contributed by atoms with van der Waals surface area (Å²) >= 11 is 0. The van der Waals surface area contributed by atoms with Gasteiger partial charge in [-0.05, 0) is 54.2 Å². The molecule has 2 aromatic carbocycles. The zero-order valence-electron chi connectivity index (χ0n) is 15.7. The van der Waals surface area contributed by atoms with Crippen molar-refractivity contribution >= 4 is 11.8 Å². The molecule has 0 heterocycles. The van der Waals surface area contributed by atoms with Crippen LogP contribution >= 0.6 is 0 Å². The third kappa shape index (κ3) is 5.49. The van der Waals surface area contributed by atoms with Crippen LogP contribution in [0, 0.1) is 0 Å². The summed E-state index contributed by atoms with van der Waals surface area (Å²) in [7, 11) is 2.14. The fourth-order valence-corrected chi connectivity index (χ4v) is 2.90. The third-order valence-corrected chi connectivity index (χ3v) is 4.38. The van der Waals surface area contributed by atoms with Gasteiger partial charge in [0.15, 0.2) is 0 Å². The Morgan fingerprint density at radius 1 is 1.12 bits per heavy atom. The summed E-state index contributed by atoms with van der Waals surface area (Å²) in [4.78, 5) is 2.28. The maximum absolute atomic E-state index is 3.98. The van der Waals surface area contributed by atoms with Crippen LogP contribution in [0.4, 0.5) is 5.69 Å². The number of hydrogen-bond donors (Lipinski definition) is 0. The van der Waals surface area contributed by atoms with Gasteiger partial charge in [0.1, 0.15) is 0 Å². The molecule has 0 fully saturated rings. The highest BCUT2D eigenvalue weighted by Gasteiger charge is 2.07. The summed E-state index contributed by atoms with van der Waals surface area (Å²) in [6, 6.07) is 17.2. The molecule has 130 valence electrons. The van der Waals surface area contributed by atoms with Gasteiger partial charge in [0.2, 0.25) is 0 Å². The third-order valence-electron chi connectivity index (χ3n) is 4.38.